The zero-order valence-electron chi connectivity index (χ0n) is 21.5. The molecule has 1 fully saturated rings. The Balaban J connectivity index is 1.99. The number of carbonyl (C=O) groups excluding carboxylic acids is 4. The van der Waals surface area contributed by atoms with E-state index in [-0.39, 0.29) is 11.3 Å². The fourth-order valence-corrected chi connectivity index (χ4v) is 5.99. The van der Waals surface area contributed by atoms with Crippen LogP contribution in [0.15, 0.2) is 29.0 Å². The number of rotatable bonds is 4. The van der Waals surface area contributed by atoms with Crippen molar-refractivity contribution in [2.24, 2.45) is 23.5 Å². The number of aromatic hydroxyl groups is 1. The van der Waals surface area contributed by atoms with Crippen LogP contribution in [-0.2, 0) is 19.2 Å². The Bertz CT molecular complexity index is 1350. The van der Waals surface area contributed by atoms with Gasteiger partial charge in [-0.3, -0.25) is 24.1 Å². The van der Waals surface area contributed by atoms with Crippen LogP contribution < -0.4 is 11.1 Å². The molecule has 1 aromatic rings. The van der Waals surface area contributed by atoms with Crippen molar-refractivity contribution < 1.29 is 44.7 Å². The first-order valence-electron chi connectivity index (χ1n) is 12.1. The summed E-state index contributed by atoms with van der Waals surface area (Å²) in [5.41, 5.74) is 0.959. The Kier molecular flexibility index (Phi) is 6.41. The molecule has 0 spiro atoms. The summed E-state index contributed by atoms with van der Waals surface area (Å²) < 4.78 is 0. The predicted octanol–water partition coefficient (Wildman–Crippen LogP) is 0.0903. The topological polar surface area (TPSA) is 211 Å². The zero-order valence-corrected chi connectivity index (χ0v) is 21.5. The molecule has 204 valence electrons. The molecule has 38 heavy (non-hydrogen) atoms. The normalized spacial score (nSPS) is 30.8. The molecule has 12 heteroatoms. The van der Waals surface area contributed by atoms with Crippen LogP contribution in [0.5, 0.6) is 5.75 Å². The van der Waals surface area contributed by atoms with Crippen LogP contribution in [0, 0.1) is 17.8 Å². The highest BCUT2D eigenvalue weighted by atomic mass is 16.4. The highest BCUT2D eigenvalue weighted by Gasteiger charge is 2.68. The molecular weight excluding hydrogens is 498 g/mol. The fourth-order valence-electron chi connectivity index (χ4n) is 5.99. The predicted molar refractivity (Wildman–Crippen MR) is 134 cm³/mol. The largest absolute Gasteiger partial charge is 0.508 e. The van der Waals surface area contributed by atoms with Crippen molar-refractivity contribution in [2.45, 2.75) is 44.4 Å². The van der Waals surface area contributed by atoms with Crippen LogP contribution in [-0.4, -0.2) is 85.7 Å². The van der Waals surface area contributed by atoms with Gasteiger partial charge in [0.15, 0.2) is 11.4 Å². The first-order valence-corrected chi connectivity index (χ1v) is 12.1. The summed E-state index contributed by atoms with van der Waals surface area (Å²) in [4.78, 5) is 52.7. The van der Waals surface area contributed by atoms with Crippen molar-refractivity contribution in [1.29, 1.82) is 0 Å². The third-order valence-corrected chi connectivity index (χ3v) is 7.91. The number of aliphatic hydroxyl groups is 4. The molecule has 3 aliphatic rings. The van der Waals surface area contributed by atoms with E-state index in [1.807, 2.05) is 0 Å². The average molecular weight is 530 g/mol. The number of ketones is 2. The molecule has 2 amide bonds. The summed E-state index contributed by atoms with van der Waals surface area (Å²) in [6.45, 7) is 4.92. The molecule has 0 heterocycles. The molecule has 0 radical (unpaired) electrons. The summed E-state index contributed by atoms with van der Waals surface area (Å²) in [5.74, 6) is -10.6. The number of nitrogens with one attached hydrogen (secondary N) is 1. The maximum absolute atomic E-state index is 13.9. The van der Waals surface area contributed by atoms with E-state index in [1.54, 1.807) is 20.8 Å². The number of anilines is 1. The van der Waals surface area contributed by atoms with Gasteiger partial charge in [0.1, 0.15) is 22.8 Å². The molecule has 0 saturated heterocycles. The lowest BCUT2D eigenvalue weighted by Gasteiger charge is -2.53. The molecule has 1 saturated carbocycles. The summed E-state index contributed by atoms with van der Waals surface area (Å²) in [6, 6.07) is 1.53. The first kappa shape index (κ1) is 27.3. The number of carbonyl (C=O) groups is 4. The minimum absolute atomic E-state index is 0.0321. The number of likely N-dealkylation sites (N-methyl/N-ethyl adjacent to an activating group) is 1. The third kappa shape index (κ3) is 3.47. The number of primary amides is 1. The van der Waals surface area contributed by atoms with E-state index in [0.29, 0.717) is 5.56 Å². The zero-order chi connectivity index (χ0) is 28.6. The Morgan fingerprint density at radius 3 is 2.26 bits per heavy atom. The molecule has 4 rings (SSSR count). The van der Waals surface area contributed by atoms with Crippen molar-refractivity contribution in [2.75, 3.05) is 19.4 Å². The monoisotopic (exact) mass is 529 g/mol. The molecule has 12 nitrogen and oxygen atoms in total. The number of fused-ring (bicyclic) bond motifs is 3. The second-order valence-electron chi connectivity index (χ2n) is 10.6. The molecule has 1 aromatic carbocycles. The molecule has 3 aliphatic carbocycles. The van der Waals surface area contributed by atoms with Gasteiger partial charge in [-0.15, -0.1) is 0 Å². The van der Waals surface area contributed by atoms with E-state index in [4.69, 9.17) is 5.73 Å². The summed E-state index contributed by atoms with van der Waals surface area (Å²) >= 11 is 0. The first-order chi connectivity index (χ1) is 17.6. The highest BCUT2D eigenvalue weighted by Crippen LogP contribution is 2.56. The molecule has 0 bridgehead atoms. The number of benzene rings is 1. The van der Waals surface area contributed by atoms with E-state index < -0.39 is 93.2 Å². The molecule has 2 unspecified atom stereocenters. The lowest BCUT2D eigenvalue weighted by molar-refractivity contribution is -0.169. The van der Waals surface area contributed by atoms with Gasteiger partial charge in [0.05, 0.1) is 29.3 Å². The second kappa shape index (κ2) is 8.93. The van der Waals surface area contributed by atoms with Crippen LogP contribution in [0.4, 0.5) is 5.69 Å². The molecule has 0 aliphatic heterocycles. The van der Waals surface area contributed by atoms with E-state index in [9.17, 15) is 44.7 Å². The summed E-state index contributed by atoms with van der Waals surface area (Å²) in [5, 5.41) is 59.0. The maximum atomic E-state index is 13.9. The Hall–Kier alpha value is -3.74. The number of phenols is 1. The SMILES string of the molecule is CC(C)C(=O)Nc1ccc2c(c1O)C(O)=C1C(=O)[C@]3(O)C(O)=C(C(N)=O)C(=O)[C@@H](N(C)C)C3[C@@H](O)C1[C@H]2C. The van der Waals surface area contributed by atoms with E-state index in [2.05, 4.69) is 5.32 Å². The van der Waals surface area contributed by atoms with E-state index in [0.717, 1.165) is 0 Å². The maximum Gasteiger partial charge on any atom is 0.255 e. The van der Waals surface area contributed by atoms with Gasteiger partial charge in [-0.2, -0.15) is 0 Å². The smallest absolute Gasteiger partial charge is 0.255 e. The van der Waals surface area contributed by atoms with Crippen molar-refractivity contribution >= 4 is 34.8 Å². The van der Waals surface area contributed by atoms with Crippen molar-refractivity contribution in [3.63, 3.8) is 0 Å². The third-order valence-electron chi connectivity index (χ3n) is 7.91. The number of nitrogens with zero attached hydrogens (tertiary/aromatic N) is 1. The van der Waals surface area contributed by atoms with Crippen molar-refractivity contribution in [3.05, 3.63) is 40.2 Å². The number of amides is 2. The number of nitrogens with two attached hydrogens (primary N) is 1. The minimum Gasteiger partial charge on any atom is -0.508 e. The molecule has 8 N–H and O–H groups in total. The van der Waals surface area contributed by atoms with Gasteiger partial charge in [-0.25, -0.2) is 0 Å². The van der Waals surface area contributed by atoms with Gasteiger partial charge in [0, 0.05) is 17.4 Å². The van der Waals surface area contributed by atoms with Gasteiger partial charge in [0.2, 0.25) is 11.7 Å². The summed E-state index contributed by atoms with van der Waals surface area (Å²) in [6.07, 6.45) is -1.67. The van der Waals surface area contributed by atoms with Crippen LogP contribution in [0.3, 0.4) is 0 Å². The number of Topliss-reactive ketones (excluding diaryl/α,β-unsaturated/α-hetero) is 2. The van der Waals surface area contributed by atoms with Gasteiger partial charge < -0.3 is 36.6 Å². The van der Waals surface area contributed by atoms with Gasteiger partial charge in [-0.1, -0.05) is 26.8 Å². The van der Waals surface area contributed by atoms with Gasteiger partial charge >= 0.3 is 0 Å². The average Bonchev–Trinajstić information content (AvgIpc) is 2.82. The molecule has 6 atom stereocenters. The van der Waals surface area contributed by atoms with Crippen LogP contribution in [0.25, 0.3) is 5.76 Å². The van der Waals surface area contributed by atoms with Crippen LogP contribution in [0.1, 0.15) is 37.8 Å². The minimum atomic E-state index is -2.98. The van der Waals surface area contributed by atoms with Crippen LogP contribution >= 0.6 is 0 Å². The number of phenolic OH excluding ortho intramolecular Hbond substituents is 1. The Morgan fingerprint density at radius 2 is 1.74 bits per heavy atom. The number of aliphatic hydroxyl groups excluding tert-OH is 3. The quantitative estimate of drug-likeness (QED) is 0.206. The lowest BCUT2D eigenvalue weighted by Crippen LogP contribution is -2.70. The van der Waals surface area contributed by atoms with Crippen LogP contribution in [0.2, 0.25) is 0 Å². The summed E-state index contributed by atoms with van der Waals surface area (Å²) in [7, 11) is 2.88. The fraction of sp³-hybridized carbons (Fsp3) is 0.462. The van der Waals surface area contributed by atoms with E-state index in [1.165, 1.54) is 31.1 Å². The highest BCUT2D eigenvalue weighted by molar-refractivity contribution is 6.24. The Morgan fingerprint density at radius 1 is 1.13 bits per heavy atom. The Labute approximate surface area is 218 Å². The standard InChI is InChI=1S/C26H31N3O9/c1-8(2)25(37)28-11-7-6-10-9(3)12-14(19(31)13(10)18(11)30)22(34)26(38)16(20(12)32)17(29(4)5)21(33)15(23(26)35)24(27)36/h6-9,12,16-17,20,30-32,35,38H,1-5H3,(H2,27,36)(H,28,37)/t9-,12?,16?,17-,20-,26-/m0/s1. The lowest BCUT2D eigenvalue weighted by atomic mass is 9.54. The number of hydrogen-bond donors (Lipinski definition) is 7. The van der Waals surface area contributed by atoms with Gasteiger partial charge in [-0.05, 0) is 31.6 Å². The number of hydrogen-bond acceptors (Lipinski definition) is 10. The van der Waals surface area contributed by atoms with Crippen molar-refractivity contribution in [1.82, 2.24) is 4.90 Å². The second-order valence-corrected chi connectivity index (χ2v) is 10.6. The molecule has 0 aromatic heterocycles. The van der Waals surface area contributed by atoms with Crippen molar-refractivity contribution in [3.8, 4) is 5.75 Å². The van der Waals surface area contributed by atoms with Gasteiger partial charge in [0.25, 0.3) is 5.91 Å². The molecular formula is C26H31N3O9. The van der Waals surface area contributed by atoms with E-state index >= 15 is 0 Å².